The van der Waals surface area contributed by atoms with Gasteiger partial charge in [-0.15, -0.1) is 0 Å². The lowest BCUT2D eigenvalue weighted by Gasteiger charge is -2.25. The van der Waals surface area contributed by atoms with Crippen LogP contribution in [0.5, 0.6) is 0 Å². The molecule has 1 aliphatic carbocycles. The zero-order valence-corrected chi connectivity index (χ0v) is 10.5. The molecule has 1 aliphatic rings. The van der Waals surface area contributed by atoms with Gasteiger partial charge < -0.3 is 10.4 Å². The standard InChI is InChI=1S/C13H25NO2/c1-10(9-14-11(2)13(15)16)8-12-6-4-3-5-7-12/h10-12,14H,3-9H2,1-2H3,(H,15,16)/t10?,11-/m1/s1. The van der Waals surface area contributed by atoms with Gasteiger partial charge in [-0.25, -0.2) is 0 Å². The summed E-state index contributed by atoms with van der Waals surface area (Å²) in [6, 6.07) is -0.422. The SMILES string of the molecule is CC(CN[C@H](C)C(=O)O)CC1CCCCC1. The van der Waals surface area contributed by atoms with Gasteiger partial charge in [0, 0.05) is 0 Å². The van der Waals surface area contributed by atoms with Crippen LogP contribution in [0.4, 0.5) is 0 Å². The van der Waals surface area contributed by atoms with Crippen LogP contribution in [0, 0.1) is 11.8 Å². The summed E-state index contributed by atoms with van der Waals surface area (Å²) in [6.45, 7) is 4.75. The maximum absolute atomic E-state index is 10.6. The van der Waals surface area contributed by atoms with Gasteiger partial charge in [-0.2, -0.15) is 0 Å². The second kappa shape index (κ2) is 6.89. The smallest absolute Gasteiger partial charge is 0.320 e. The van der Waals surface area contributed by atoms with Gasteiger partial charge in [0.25, 0.3) is 0 Å². The van der Waals surface area contributed by atoms with Crippen LogP contribution in [0.25, 0.3) is 0 Å². The van der Waals surface area contributed by atoms with Crippen molar-refractivity contribution in [3.05, 3.63) is 0 Å². The van der Waals surface area contributed by atoms with E-state index in [-0.39, 0.29) is 0 Å². The quantitative estimate of drug-likeness (QED) is 0.733. The first-order chi connectivity index (χ1) is 7.59. The van der Waals surface area contributed by atoms with Crippen molar-refractivity contribution in [2.24, 2.45) is 11.8 Å². The maximum Gasteiger partial charge on any atom is 0.320 e. The molecule has 2 N–H and O–H groups in total. The predicted molar refractivity (Wildman–Crippen MR) is 65.5 cm³/mol. The van der Waals surface area contributed by atoms with Crippen molar-refractivity contribution >= 4 is 5.97 Å². The molecule has 1 unspecified atom stereocenters. The van der Waals surface area contributed by atoms with Gasteiger partial charge in [-0.1, -0.05) is 39.0 Å². The molecule has 0 aromatic heterocycles. The normalized spacial score (nSPS) is 21.6. The van der Waals surface area contributed by atoms with Crippen molar-refractivity contribution in [1.29, 1.82) is 0 Å². The third kappa shape index (κ3) is 4.97. The molecule has 0 aromatic rings. The number of hydrogen-bond donors (Lipinski definition) is 2. The molecule has 0 amide bonds. The van der Waals surface area contributed by atoms with Crippen LogP contribution in [0.3, 0.4) is 0 Å². The molecular formula is C13H25NO2. The number of carboxylic acid groups (broad SMARTS) is 1. The molecule has 1 rings (SSSR count). The highest BCUT2D eigenvalue weighted by Crippen LogP contribution is 2.28. The Morgan fingerprint density at radius 1 is 1.31 bits per heavy atom. The van der Waals surface area contributed by atoms with E-state index in [0.717, 1.165) is 12.5 Å². The van der Waals surface area contributed by atoms with Crippen molar-refractivity contribution in [2.45, 2.75) is 58.4 Å². The Kier molecular flexibility index (Phi) is 5.81. The largest absolute Gasteiger partial charge is 0.480 e. The lowest BCUT2D eigenvalue weighted by atomic mass is 9.83. The Labute approximate surface area is 98.6 Å². The summed E-state index contributed by atoms with van der Waals surface area (Å²) in [5.74, 6) is 0.709. The summed E-state index contributed by atoms with van der Waals surface area (Å²) < 4.78 is 0. The van der Waals surface area contributed by atoms with Crippen LogP contribution in [0.15, 0.2) is 0 Å². The Hall–Kier alpha value is -0.570. The van der Waals surface area contributed by atoms with E-state index in [1.807, 2.05) is 0 Å². The first-order valence-corrected chi connectivity index (χ1v) is 6.55. The molecule has 0 aromatic carbocycles. The molecule has 0 saturated heterocycles. The van der Waals surface area contributed by atoms with Gasteiger partial charge in [0.2, 0.25) is 0 Å². The molecule has 3 heteroatoms. The van der Waals surface area contributed by atoms with Crippen LogP contribution in [-0.4, -0.2) is 23.7 Å². The average Bonchev–Trinajstić information content (AvgIpc) is 2.27. The van der Waals surface area contributed by atoms with Crippen molar-refractivity contribution in [3.8, 4) is 0 Å². The van der Waals surface area contributed by atoms with E-state index in [9.17, 15) is 4.79 Å². The molecule has 2 atom stereocenters. The number of carboxylic acids is 1. The minimum atomic E-state index is -0.759. The number of carbonyl (C=O) groups is 1. The van der Waals surface area contributed by atoms with E-state index < -0.39 is 12.0 Å². The zero-order valence-electron chi connectivity index (χ0n) is 10.5. The molecule has 16 heavy (non-hydrogen) atoms. The molecule has 94 valence electrons. The van der Waals surface area contributed by atoms with Crippen molar-refractivity contribution in [1.82, 2.24) is 5.32 Å². The van der Waals surface area contributed by atoms with Gasteiger partial charge in [-0.3, -0.25) is 4.79 Å². The van der Waals surface area contributed by atoms with E-state index in [1.54, 1.807) is 6.92 Å². The monoisotopic (exact) mass is 227 g/mol. The van der Waals surface area contributed by atoms with Gasteiger partial charge >= 0.3 is 5.97 Å². The molecule has 0 aliphatic heterocycles. The third-order valence-electron chi connectivity index (χ3n) is 3.60. The van der Waals surface area contributed by atoms with Crippen LogP contribution >= 0.6 is 0 Å². The van der Waals surface area contributed by atoms with E-state index in [0.29, 0.717) is 5.92 Å². The Morgan fingerprint density at radius 3 is 2.50 bits per heavy atom. The van der Waals surface area contributed by atoms with Crippen LogP contribution in [0.1, 0.15) is 52.4 Å². The summed E-state index contributed by atoms with van der Waals surface area (Å²) in [7, 11) is 0. The van der Waals surface area contributed by atoms with Gasteiger partial charge in [0.1, 0.15) is 6.04 Å². The maximum atomic E-state index is 10.6. The van der Waals surface area contributed by atoms with Crippen LogP contribution in [-0.2, 0) is 4.79 Å². The van der Waals surface area contributed by atoms with Gasteiger partial charge in [-0.05, 0) is 31.7 Å². The topological polar surface area (TPSA) is 49.3 Å². The van der Waals surface area contributed by atoms with E-state index in [2.05, 4.69) is 12.2 Å². The predicted octanol–water partition coefficient (Wildman–Crippen LogP) is 2.66. The lowest BCUT2D eigenvalue weighted by Crippen LogP contribution is -2.36. The molecule has 0 bridgehead atoms. The first-order valence-electron chi connectivity index (χ1n) is 6.55. The fourth-order valence-electron chi connectivity index (χ4n) is 2.54. The highest BCUT2D eigenvalue weighted by atomic mass is 16.4. The minimum absolute atomic E-state index is 0.422. The first kappa shape index (κ1) is 13.5. The number of aliphatic carboxylic acids is 1. The lowest BCUT2D eigenvalue weighted by molar-refractivity contribution is -0.139. The van der Waals surface area contributed by atoms with E-state index in [4.69, 9.17) is 5.11 Å². The van der Waals surface area contributed by atoms with Crippen LogP contribution < -0.4 is 5.32 Å². The van der Waals surface area contributed by atoms with Crippen LogP contribution in [0.2, 0.25) is 0 Å². The molecule has 0 radical (unpaired) electrons. The number of nitrogens with one attached hydrogen (secondary N) is 1. The van der Waals surface area contributed by atoms with Crippen molar-refractivity contribution in [3.63, 3.8) is 0 Å². The molecule has 1 saturated carbocycles. The minimum Gasteiger partial charge on any atom is -0.480 e. The van der Waals surface area contributed by atoms with Gasteiger partial charge in [0.05, 0.1) is 0 Å². The molecule has 0 spiro atoms. The molecule has 0 heterocycles. The Morgan fingerprint density at radius 2 is 1.94 bits per heavy atom. The van der Waals surface area contributed by atoms with Crippen molar-refractivity contribution < 1.29 is 9.90 Å². The molecule has 3 nitrogen and oxygen atoms in total. The summed E-state index contributed by atoms with van der Waals surface area (Å²) in [4.78, 5) is 10.6. The number of rotatable bonds is 6. The second-order valence-electron chi connectivity index (χ2n) is 5.31. The molecular weight excluding hydrogens is 202 g/mol. The Bertz CT molecular complexity index is 212. The summed E-state index contributed by atoms with van der Waals surface area (Å²) >= 11 is 0. The third-order valence-corrected chi connectivity index (χ3v) is 3.60. The zero-order chi connectivity index (χ0) is 12.0. The summed E-state index contributed by atoms with van der Waals surface area (Å²) in [5, 5.41) is 11.8. The summed E-state index contributed by atoms with van der Waals surface area (Å²) in [5.41, 5.74) is 0. The van der Waals surface area contributed by atoms with Gasteiger partial charge in [0.15, 0.2) is 0 Å². The van der Waals surface area contributed by atoms with E-state index in [1.165, 1.54) is 38.5 Å². The second-order valence-corrected chi connectivity index (χ2v) is 5.31. The number of hydrogen-bond acceptors (Lipinski definition) is 2. The highest BCUT2D eigenvalue weighted by Gasteiger charge is 2.17. The fourth-order valence-corrected chi connectivity index (χ4v) is 2.54. The van der Waals surface area contributed by atoms with Crippen molar-refractivity contribution in [2.75, 3.05) is 6.54 Å². The highest BCUT2D eigenvalue weighted by molar-refractivity contribution is 5.72. The molecule has 1 fully saturated rings. The summed E-state index contributed by atoms with van der Waals surface area (Å²) in [6.07, 6.45) is 8.17. The van der Waals surface area contributed by atoms with E-state index >= 15 is 0 Å². The Balaban J connectivity index is 2.14. The average molecular weight is 227 g/mol. The fraction of sp³-hybridized carbons (Fsp3) is 0.923.